The van der Waals surface area contributed by atoms with Gasteiger partial charge in [-0.2, -0.15) is 0 Å². The van der Waals surface area contributed by atoms with Crippen molar-refractivity contribution < 1.29 is 23.5 Å². The Balaban J connectivity index is 1.51. The van der Waals surface area contributed by atoms with Gasteiger partial charge in [-0.25, -0.2) is 9.78 Å². The molecule has 1 aliphatic heterocycles. The molecule has 34 heavy (non-hydrogen) atoms. The Labute approximate surface area is 198 Å². The number of carbonyl (C=O) groups is 2. The van der Waals surface area contributed by atoms with Gasteiger partial charge in [0.25, 0.3) is 5.91 Å². The van der Waals surface area contributed by atoms with Crippen LogP contribution in [0, 0.1) is 0 Å². The standard InChI is InChI=1S/C25H28N4O5/c1-25(2,3)34-24(31)28-12-13-29(19(15-28)16-32-20-10-7-11-26-14-20)23(30)21-17-33-22(27-21)18-8-5-4-6-9-18/h4-11,14,17,19H,12-13,15-16H2,1-3H3. The summed E-state index contributed by atoms with van der Waals surface area (Å²) < 4.78 is 17.0. The quantitative estimate of drug-likeness (QED) is 0.565. The fraction of sp³-hybridized carbons (Fsp3) is 0.360. The van der Waals surface area contributed by atoms with Crippen LogP contribution in [-0.4, -0.2) is 69.7 Å². The number of carbonyl (C=O) groups excluding carboxylic acids is 2. The number of piperazine rings is 1. The third-order valence-electron chi connectivity index (χ3n) is 5.22. The summed E-state index contributed by atoms with van der Waals surface area (Å²) in [5.74, 6) is 0.672. The number of rotatable bonds is 5. The van der Waals surface area contributed by atoms with Crippen LogP contribution < -0.4 is 4.74 Å². The molecule has 2 amide bonds. The van der Waals surface area contributed by atoms with Crippen LogP contribution in [0.5, 0.6) is 5.75 Å². The molecule has 2 aromatic heterocycles. The molecular formula is C25H28N4O5. The van der Waals surface area contributed by atoms with Crippen molar-refractivity contribution >= 4 is 12.0 Å². The molecule has 0 spiro atoms. The Kier molecular flexibility index (Phi) is 6.81. The van der Waals surface area contributed by atoms with E-state index in [0.717, 1.165) is 5.56 Å². The molecule has 1 aromatic carbocycles. The molecule has 0 radical (unpaired) electrons. The van der Waals surface area contributed by atoms with E-state index in [-0.39, 0.29) is 24.8 Å². The normalized spacial score (nSPS) is 16.3. The van der Waals surface area contributed by atoms with Crippen molar-refractivity contribution in [3.8, 4) is 17.2 Å². The number of amides is 2. The SMILES string of the molecule is CC(C)(C)OC(=O)N1CCN(C(=O)c2coc(-c3ccccc3)n2)C(COc2cccnc2)C1. The number of hydrogen-bond acceptors (Lipinski definition) is 7. The second kappa shape index (κ2) is 9.94. The third-order valence-corrected chi connectivity index (χ3v) is 5.22. The lowest BCUT2D eigenvalue weighted by Crippen LogP contribution is -2.59. The number of ether oxygens (including phenoxy) is 2. The predicted octanol–water partition coefficient (Wildman–Crippen LogP) is 3.88. The first-order valence-corrected chi connectivity index (χ1v) is 11.1. The second-order valence-electron chi connectivity index (χ2n) is 8.98. The van der Waals surface area contributed by atoms with Crippen molar-refractivity contribution in [3.63, 3.8) is 0 Å². The zero-order valence-electron chi connectivity index (χ0n) is 19.5. The highest BCUT2D eigenvalue weighted by molar-refractivity contribution is 5.93. The molecule has 1 atom stereocenters. The van der Waals surface area contributed by atoms with E-state index in [1.165, 1.54) is 6.26 Å². The van der Waals surface area contributed by atoms with Crippen molar-refractivity contribution in [2.45, 2.75) is 32.4 Å². The van der Waals surface area contributed by atoms with Crippen molar-refractivity contribution in [2.24, 2.45) is 0 Å². The second-order valence-corrected chi connectivity index (χ2v) is 8.98. The van der Waals surface area contributed by atoms with Gasteiger partial charge >= 0.3 is 6.09 Å². The molecule has 4 rings (SSSR count). The molecular weight excluding hydrogens is 436 g/mol. The zero-order valence-corrected chi connectivity index (χ0v) is 19.5. The van der Waals surface area contributed by atoms with E-state index in [9.17, 15) is 9.59 Å². The molecule has 0 aliphatic carbocycles. The molecule has 1 fully saturated rings. The average Bonchev–Trinajstić information content (AvgIpc) is 3.33. The Morgan fingerprint density at radius 1 is 1.12 bits per heavy atom. The maximum atomic E-state index is 13.4. The lowest BCUT2D eigenvalue weighted by Gasteiger charge is -2.41. The van der Waals surface area contributed by atoms with E-state index in [1.54, 1.807) is 34.3 Å². The van der Waals surface area contributed by atoms with Crippen molar-refractivity contribution in [1.82, 2.24) is 19.8 Å². The van der Waals surface area contributed by atoms with E-state index in [2.05, 4.69) is 9.97 Å². The smallest absolute Gasteiger partial charge is 0.410 e. The van der Waals surface area contributed by atoms with E-state index in [4.69, 9.17) is 13.9 Å². The molecule has 3 aromatic rings. The van der Waals surface area contributed by atoms with Gasteiger partial charge in [-0.3, -0.25) is 9.78 Å². The van der Waals surface area contributed by atoms with Gasteiger partial charge in [-0.15, -0.1) is 0 Å². The molecule has 178 valence electrons. The van der Waals surface area contributed by atoms with Gasteiger partial charge in [-0.05, 0) is 45.0 Å². The fourth-order valence-electron chi connectivity index (χ4n) is 3.61. The maximum Gasteiger partial charge on any atom is 0.410 e. The number of pyridine rings is 1. The summed E-state index contributed by atoms with van der Waals surface area (Å²) in [5.41, 5.74) is 0.379. The number of nitrogens with zero attached hydrogens (tertiary/aromatic N) is 4. The Hall–Kier alpha value is -3.88. The minimum absolute atomic E-state index is 0.181. The van der Waals surface area contributed by atoms with E-state index in [0.29, 0.717) is 24.7 Å². The third kappa shape index (κ3) is 5.72. The summed E-state index contributed by atoms with van der Waals surface area (Å²) in [6.45, 7) is 6.57. The monoisotopic (exact) mass is 464 g/mol. The van der Waals surface area contributed by atoms with Gasteiger partial charge in [0, 0.05) is 31.4 Å². The van der Waals surface area contributed by atoms with Gasteiger partial charge in [0.2, 0.25) is 5.89 Å². The fourth-order valence-corrected chi connectivity index (χ4v) is 3.61. The highest BCUT2D eigenvalue weighted by atomic mass is 16.6. The largest absolute Gasteiger partial charge is 0.490 e. The predicted molar refractivity (Wildman–Crippen MR) is 124 cm³/mol. The first-order chi connectivity index (χ1) is 16.3. The van der Waals surface area contributed by atoms with Crippen molar-refractivity contribution in [1.29, 1.82) is 0 Å². The first kappa shape index (κ1) is 23.3. The zero-order chi connectivity index (χ0) is 24.1. The van der Waals surface area contributed by atoms with E-state index >= 15 is 0 Å². The molecule has 1 saturated heterocycles. The minimum atomic E-state index is -0.611. The summed E-state index contributed by atoms with van der Waals surface area (Å²) >= 11 is 0. The van der Waals surface area contributed by atoms with Crippen LogP contribution in [0.15, 0.2) is 65.5 Å². The van der Waals surface area contributed by atoms with Crippen LogP contribution in [0.2, 0.25) is 0 Å². The van der Waals surface area contributed by atoms with Crippen LogP contribution in [0.25, 0.3) is 11.5 Å². The molecule has 1 unspecified atom stereocenters. The van der Waals surface area contributed by atoms with Gasteiger partial charge in [-0.1, -0.05) is 18.2 Å². The molecule has 9 nitrogen and oxygen atoms in total. The molecule has 0 saturated carbocycles. The van der Waals surface area contributed by atoms with E-state index in [1.807, 2.05) is 51.1 Å². The summed E-state index contributed by atoms with van der Waals surface area (Å²) in [6.07, 6.45) is 4.20. The Bertz CT molecular complexity index is 1110. The molecule has 1 aliphatic rings. The van der Waals surface area contributed by atoms with Crippen LogP contribution in [0.3, 0.4) is 0 Å². The molecule has 0 bridgehead atoms. The van der Waals surface area contributed by atoms with Gasteiger partial charge in [0.05, 0.1) is 12.2 Å². The van der Waals surface area contributed by atoms with Crippen molar-refractivity contribution in [2.75, 3.05) is 26.2 Å². The van der Waals surface area contributed by atoms with Gasteiger partial charge < -0.3 is 23.7 Å². The van der Waals surface area contributed by atoms with Crippen molar-refractivity contribution in [3.05, 3.63) is 66.8 Å². The first-order valence-electron chi connectivity index (χ1n) is 11.1. The molecule has 9 heteroatoms. The van der Waals surface area contributed by atoms with Crippen LogP contribution >= 0.6 is 0 Å². The maximum absolute atomic E-state index is 13.4. The van der Waals surface area contributed by atoms with Gasteiger partial charge in [0.15, 0.2) is 5.69 Å². The lowest BCUT2D eigenvalue weighted by molar-refractivity contribution is -0.00109. The van der Waals surface area contributed by atoms with Crippen LogP contribution in [-0.2, 0) is 4.74 Å². The van der Waals surface area contributed by atoms with Gasteiger partial charge in [0.1, 0.15) is 24.2 Å². The number of hydrogen-bond donors (Lipinski definition) is 0. The number of oxazole rings is 1. The van der Waals surface area contributed by atoms with Crippen LogP contribution in [0.1, 0.15) is 31.3 Å². The minimum Gasteiger partial charge on any atom is -0.490 e. The summed E-state index contributed by atoms with van der Waals surface area (Å²) in [6, 6.07) is 12.5. The van der Waals surface area contributed by atoms with E-state index < -0.39 is 17.7 Å². The summed E-state index contributed by atoms with van der Waals surface area (Å²) in [5, 5.41) is 0. The summed E-state index contributed by atoms with van der Waals surface area (Å²) in [4.78, 5) is 37.8. The molecule has 0 N–H and O–H groups in total. The number of aromatic nitrogens is 2. The molecule has 3 heterocycles. The Morgan fingerprint density at radius 3 is 2.62 bits per heavy atom. The highest BCUT2D eigenvalue weighted by Crippen LogP contribution is 2.22. The summed E-state index contributed by atoms with van der Waals surface area (Å²) in [7, 11) is 0. The lowest BCUT2D eigenvalue weighted by atomic mass is 10.1. The van der Waals surface area contributed by atoms with Crippen LogP contribution in [0.4, 0.5) is 4.79 Å². The Morgan fingerprint density at radius 2 is 1.91 bits per heavy atom. The average molecular weight is 465 g/mol. The topological polar surface area (TPSA) is 98.0 Å². The highest BCUT2D eigenvalue weighted by Gasteiger charge is 2.36. The number of benzene rings is 1.